The molecule has 0 amide bonds. The first-order valence-corrected chi connectivity index (χ1v) is 7.83. The molecule has 0 aromatic carbocycles. The highest BCUT2D eigenvalue weighted by molar-refractivity contribution is 7.14. The molecule has 0 atom stereocenters. The van der Waals surface area contributed by atoms with Gasteiger partial charge in [0.2, 0.25) is 0 Å². The molecule has 4 heteroatoms. The lowest BCUT2D eigenvalue weighted by atomic mass is 10.2. The van der Waals surface area contributed by atoms with Crippen molar-refractivity contribution in [1.82, 2.24) is 4.98 Å². The van der Waals surface area contributed by atoms with E-state index in [1.165, 1.54) is 29.8 Å². The van der Waals surface area contributed by atoms with Crippen molar-refractivity contribution in [1.29, 1.82) is 0 Å². The fraction of sp³-hybridized carbons (Fsp3) is 0.462. The van der Waals surface area contributed by atoms with E-state index in [4.69, 9.17) is 0 Å². The van der Waals surface area contributed by atoms with Crippen LogP contribution in [0.15, 0.2) is 11.4 Å². The van der Waals surface area contributed by atoms with E-state index in [2.05, 4.69) is 28.7 Å². The van der Waals surface area contributed by atoms with E-state index in [1.54, 1.807) is 21.8 Å². The Kier molecular flexibility index (Phi) is 3.16. The summed E-state index contributed by atoms with van der Waals surface area (Å²) in [7, 11) is 0. The number of anilines is 1. The van der Waals surface area contributed by atoms with E-state index >= 15 is 0 Å². The zero-order valence-corrected chi connectivity index (χ0v) is 11.6. The van der Waals surface area contributed by atoms with Gasteiger partial charge in [-0.3, -0.25) is 0 Å². The molecule has 3 rings (SSSR count). The predicted molar refractivity (Wildman–Crippen MR) is 75.2 cm³/mol. The molecule has 1 aliphatic carbocycles. The Bertz CT molecular complexity index is 492. The summed E-state index contributed by atoms with van der Waals surface area (Å²) >= 11 is 3.67. The topological polar surface area (TPSA) is 24.9 Å². The van der Waals surface area contributed by atoms with Gasteiger partial charge in [-0.15, -0.1) is 22.7 Å². The first kappa shape index (κ1) is 11.2. The number of hydrogen-bond donors (Lipinski definition) is 1. The van der Waals surface area contributed by atoms with Gasteiger partial charge in [0, 0.05) is 15.1 Å². The van der Waals surface area contributed by atoms with Crippen molar-refractivity contribution >= 4 is 27.8 Å². The highest BCUT2D eigenvalue weighted by Gasteiger charge is 2.14. The maximum atomic E-state index is 4.52. The molecule has 1 aliphatic rings. The summed E-state index contributed by atoms with van der Waals surface area (Å²) in [5, 5.41) is 6.61. The third-order valence-corrected chi connectivity index (χ3v) is 5.21. The number of aromatic nitrogens is 1. The summed E-state index contributed by atoms with van der Waals surface area (Å²) in [5.41, 5.74) is 2.77. The zero-order chi connectivity index (χ0) is 11.7. The van der Waals surface area contributed by atoms with Crippen LogP contribution in [0.2, 0.25) is 0 Å². The van der Waals surface area contributed by atoms with Crippen LogP contribution in [0.25, 0.3) is 0 Å². The summed E-state index contributed by atoms with van der Waals surface area (Å²) in [6, 6.07) is 2.37. The zero-order valence-electron chi connectivity index (χ0n) is 9.95. The smallest absolute Gasteiger partial charge is 0.183 e. The number of fused-ring (bicyclic) bond motifs is 1. The summed E-state index contributed by atoms with van der Waals surface area (Å²) in [4.78, 5) is 7.57. The Morgan fingerprint density at radius 3 is 3.12 bits per heavy atom. The molecule has 0 unspecified atom stereocenters. The lowest BCUT2D eigenvalue weighted by Crippen LogP contribution is -1.97. The van der Waals surface area contributed by atoms with Gasteiger partial charge < -0.3 is 5.32 Å². The van der Waals surface area contributed by atoms with Gasteiger partial charge in [0.15, 0.2) is 5.13 Å². The molecule has 0 saturated carbocycles. The van der Waals surface area contributed by atoms with E-state index in [9.17, 15) is 0 Å². The number of rotatable bonds is 4. The Hall–Kier alpha value is -0.870. The minimum absolute atomic E-state index is 0.925. The van der Waals surface area contributed by atoms with Crippen molar-refractivity contribution in [3.63, 3.8) is 0 Å². The molecular formula is C13H16N2S2. The van der Waals surface area contributed by atoms with Crippen molar-refractivity contribution < 1.29 is 0 Å². The lowest BCUT2D eigenvalue weighted by Gasteiger charge is -1.99. The molecular weight excluding hydrogens is 248 g/mol. The second kappa shape index (κ2) is 4.78. The highest BCUT2D eigenvalue weighted by atomic mass is 32.1. The van der Waals surface area contributed by atoms with Crippen LogP contribution in [0.5, 0.6) is 0 Å². The summed E-state index contributed by atoms with van der Waals surface area (Å²) in [6.45, 7) is 3.07. The molecule has 0 radical (unpaired) electrons. The van der Waals surface area contributed by atoms with Gasteiger partial charge in [-0.05, 0) is 37.3 Å². The van der Waals surface area contributed by atoms with Gasteiger partial charge in [0.1, 0.15) is 0 Å². The Balaban J connectivity index is 1.63. The third kappa shape index (κ3) is 2.38. The predicted octanol–water partition coefficient (Wildman–Crippen LogP) is 3.87. The molecule has 17 heavy (non-hydrogen) atoms. The van der Waals surface area contributed by atoms with Crippen LogP contribution in [0.3, 0.4) is 0 Å². The van der Waals surface area contributed by atoms with Gasteiger partial charge in [-0.2, -0.15) is 0 Å². The summed E-state index contributed by atoms with van der Waals surface area (Å²) < 4.78 is 0. The average Bonchev–Trinajstić information content (AvgIpc) is 3.01. The molecule has 2 aromatic heterocycles. The fourth-order valence-corrected chi connectivity index (χ4v) is 4.18. The lowest BCUT2D eigenvalue weighted by molar-refractivity contribution is 0.913. The number of nitrogens with one attached hydrogen (secondary N) is 1. The van der Waals surface area contributed by atoms with Crippen LogP contribution < -0.4 is 5.32 Å². The van der Waals surface area contributed by atoms with Crippen LogP contribution >= 0.6 is 22.7 Å². The summed E-state index contributed by atoms with van der Waals surface area (Å²) in [5.74, 6) is 0. The molecule has 90 valence electrons. The van der Waals surface area contributed by atoms with Gasteiger partial charge in [0.05, 0.1) is 12.2 Å². The van der Waals surface area contributed by atoms with Gasteiger partial charge in [0.25, 0.3) is 0 Å². The normalized spacial score (nSPS) is 13.9. The van der Waals surface area contributed by atoms with Crippen molar-refractivity contribution in [2.45, 2.75) is 39.2 Å². The summed E-state index contributed by atoms with van der Waals surface area (Å²) in [6.07, 6.45) is 4.94. The van der Waals surface area contributed by atoms with Crippen molar-refractivity contribution in [2.75, 3.05) is 5.32 Å². The van der Waals surface area contributed by atoms with E-state index in [1.807, 2.05) is 11.3 Å². The molecule has 0 spiro atoms. The molecule has 0 aliphatic heterocycles. The van der Waals surface area contributed by atoms with Crippen LogP contribution in [-0.2, 0) is 25.8 Å². The molecule has 2 nitrogen and oxygen atoms in total. The molecule has 2 heterocycles. The molecule has 0 saturated heterocycles. The number of thiazole rings is 1. The largest absolute Gasteiger partial charge is 0.357 e. The number of thiophene rings is 1. The Morgan fingerprint density at radius 2 is 2.35 bits per heavy atom. The van der Waals surface area contributed by atoms with Crippen LogP contribution in [0.1, 0.15) is 34.4 Å². The van der Waals surface area contributed by atoms with Crippen LogP contribution in [0, 0.1) is 0 Å². The van der Waals surface area contributed by atoms with Crippen molar-refractivity contribution in [3.8, 4) is 0 Å². The quantitative estimate of drug-likeness (QED) is 0.907. The van der Waals surface area contributed by atoms with E-state index in [0.717, 1.165) is 18.1 Å². The standard InChI is InChI=1S/C13H16N2S2/c1-2-10-8-16-13(15-10)14-7-11-6-9-4-3-5-12(9)17-11/h6,8H,2-5,7H2,1H3,(H,14,15). The maximum absolute atomic E-state index is 4.52. The highest BCUT2D eigenvalue weighted by Crippen LogP contribution is 2.31. The molecule has 0 bridgehead atoms. The first-order chi connectivity index (χ1) is 8.35. The monoisotopic (exact) mass is 264 g/mol. The first-order valence-electron chi connectivity index (χ1n) is 6.14. The van der Waals surface area contributed by atoms with Crippen LogP contribution in [-0.4, -0.2) is 4.98 Å². The fourth-order valence-electron chi connectivity index (χ4n) is 2.19. The molecule has 2 aromatic rings. The van der Waals surface area contributed by atoms with Gasteiger partial charge in [-0.25, -0.2) is 4.98 Å². The second-order valence-corrected chi connectivity index (χ2v) is 6.45. The van der Waals surface area contributed by atoms with E-state index in [0.29, 0.717) is 0 Å². The number of hydrogen-bond acceptors (Lipinski definition) is 4. The van der Waals surface area contributed by atoms with Gasteiger partial charge in [-0.1, -0.05) is 6.92 Å². The second-order valence-electron chi connectivity index (χ2n) is 4.37. The van der Waals surface area contributed by atoms with Crippen LogP contribution in [0.4, 0.5) is 5.13 Å². The number of aryl methyl sites for hydroxylation is 3. The third-order valence-electron chi connectivity index (χ3n) is 3.13. The Morgan fingerprint density at radius 1 is 1.41 bits per heavy atom. The Labute approximate surface area is 110 Å². The minimum atomic E-state index is 0.925. The minimum Gasteiger partial charge on any atom is -0.357 e. The van der Waals surface area contributed by atoms with E-state index in [-0.39, 0.29) is 0 Å². The van der Waals surface area contributed by atoms with Crippen molar-refractivity contribution in [2.24, 2.45) is 0 Å². The number of nitrogens with zero attached hydrogens (tertiary/aromatic N) is 1. The molecule has 0 fully saturated rings. The van der Waals surface area contributed by atoms with Crippen molar-refractivity contribution in [3.05, 3.63) is 32.5 Å². The SMILES string of the molecule is CCc1csc(NCc2cc3c(s2)CCC3)n1. The average molecular weight is 264 g/mol. The maximum Gasteiger partial charge on any atom is 0.183 e. The van der Waals surface area contributed by atoms with E-state index < -0.39 is 0 Å². The van der Waals surface area contributed by atoms with Gasteiger partial charge >= 0.3 is 0 Å². The molecule has 1 N–H and O–H groups in total.